The van der Waals surface area contributed by atoms with Crippen molar-refractivity contribution in [3.05, 3.63) is 36.0 Å². The molecule has 0 aliphatic heterocycles. The van der Waals surface area contributed by atoms with Crippen LogP contribution in [0.25, 0.3) is 11.1 Å². The van der Waals surface area contributed by atoms with Gasteiger partial charge in [0, 0.05) is 0 Å². The molecular weight excluding hydrogens is 200 g/mol. The first kappa shape index (κ1) is 10.7. The fourth-order valence-electron chi connectivity index (χ4n) is 1.77. The van der Waals surface area contributed by atoms with Gasteiger partial charge in [-0.3, -0.25) is 0 Å². The third-order valence-corrected chi connectivity index (χ3v) is 2.62. The van der Waals surface area contributed by atoms with Crippen molar-refractivity contribution in [1.82, 2.24) is 5.16 Å². The van der Waals surface area contributed by atoms with Crippen LogP contribution in [0, 0.1) is 0 Å². The van der Waals surface area contributed by atoms with Gasteiger partial charge in [0.2, 0.25) is 5.88 Å². The van der Waals surface area contributed by atoms with Crippen molar-refractivity contribution >= 4 is 5.88 Å². The molecule has 0 unspecified atom stereocenters. The molecule has 1 aromatic carbocycles. The number of aromatic nitrogens is 1. The van der Waals surface area contributed by atoms with E-state index < -0.39 is 0 Å². The number of anilines is 1. The molecule has 0 radical (unpaired) electrons. The Labute approximate surface area is 95.3 Å². The van der Waals surface area contributed by atoms with Gasteiger partial charge in [-0.05, 0) is 18.4 Å². The van der Waals surface area contributed by atoms with Gasteiger partial charge in [-0.15, -0.1) is 0 Å². The van der Waals surface area contributed by atoms with Gasteiger partial charge in [0.05, 0.1) is 11.3 Å². The van der Waals surface area contributed by atoms with Crippen molar-refractivity contribution < 1.29 is 4.52 Å². The van der Waals surface area contributed by atoms with Crippen LogP contribution in [0.4, 0.5) is 5.88 Å². The van der Waals surface area contributed by atoms with Crippen LogP contribution in [0.5, 0.6) is 0 Å². The average Bonchev–Trinajstić information content (AvgIpc) is 2.69. The van der Waals surface area contributed by atoms with E-state index in [0.717, 1.165) is 36.1 Å². The molecule has 3 nitrogen and oxygen atoms in total. The van der Waals surface area contributed by atoms with E-state index >= 15 is 0 Å². The maximum Gasteiger partial charge on any atom is 0.230 e. The van der Waals surface area contributed by atoms with Crippen LogP contribution >= 0.6 is 0 Å². The predicted octanol–water partition coefficient (Wildman–Crippen LogP) is 3.27. The van der Waals surface area contributed by atoms with Crippen LogP contribution in [-0.4, -0.2) is 5.16 Å². The van der Waals surface area contributed by atoms with E-state index in [-0.39, 0.29) is 0 Å². The molecule has 0 bridgehead atoms. The molecule has 0 saturated heterocycles. The number of hydrogen-bond donors (Lipinski definition) is 1. The molecule has 0 spiro atoms. The average molecular weight is 216 g/mol. The lowest BCUT2D eigenvalue weighted by molar-refractivity contribution is 0.426. The molecule has 2 N–H and O–H groups in total. The molecule has 3 heteroatoms. The van der Waals surface area contributed by atoms with Gasteiger partial charge in [-0.2, -0.15) is 0 Å². The van der Waals surface area contributed by atoms with Crippen molar-refractivity contribution in [2.45, 2.75) is 26.2 Å². The van der Waals surface area contributed by atoms with Gasteiger partial charge >= 0.3 is 0 Å². The smallest absolute Gasteiger partial charge is 0.230 e. The summed E-state index contributed by atoms with van der Waals surface area (Å²) in [7, 11) is 0. The monoisotopic (exact) mass is 216 g/mol. The highest BCUT2D eigenvalue weighted by Gasteiger charge is 2.14. The van der Waals surface area contributed by atoms with Gasteiger partial charge in [0.25, 0.3) is 0 Å². The topological polar surface area (TPSA) is 52.0 Å². The fourth-order valence-corrected chi connectivity index (χ4v) is 1.77. The molecule has 16 heavy (non-hydrogen) atoms. The first-order valence-electron chi connectivity index (χ1n) is 5.62. The molecule has 0 fully saturated rings. The summed E-state index contributed by atoms with van der Waals surface area (Å²) in [6, 6.07) is 10.0. The molecule has 0 aliphatic rings. The van der Waals surface area contributed by atoms with Gasteiger partial charge in [0.15, 0.2) is 0 Å². The lowest BCUT2D eigenvalue weighted by Crippen LogP contribution is -1.91. The van der Waals surface area contributed by atoms with Gasteiger partial charge in [-0.25, -0.2) is 0 Å². The molecule has 0 amide bonds. The van der Waals surface area contributed by atoms with Crippen molar-refractivity contribution in [3.8, 4) is 11.1 Å². The molecule has 0 saturated carbocycles. The van der Waals surface area contributed by atoms with Crippen molar-refractivity contribution in [2.24, 2.45) is 0 Å². The third-order valence-electron chi connectivity index (χ3n) is 2.62. The Morgan fingerprint density at radius 2 is 2.00 bits per heavy atom. The summed E-state index contributed by atoms with van der Waals surface area (Å²) in [4.78, 5) is 0. The van der Waals surface area contributed by atoms with E-state index in [1.807, 2.05) is 30.3 Å². The minimum absolute atomic E-state index is 0.414. The number of nitrogens with two attached hydrogens (primary N) is 1. The number of nitrogens with zero attached hydrogens (tertiary/aromatic N) is 1. The molecular formula is C13H16N2O. The van der Waals surface area contributed by atoms with Crippen LogP contribution in [-0.2, 0) is 6.42 Å². The minimum atomic E-state index is 0.414. The minimum Gasteiger partial charge on any atom is -0.367 e. The highest BCUT2D eigenvalue weighted by Crippen LogP contribution is 2.30. The molecule has 0 atom stereocenters. The standard InChI is InChI=1S/C13H16N2O/c1-2-3-9-11-12(13(14)16-15-11)10-7-5-4-6-8-10/h4-8H,2-3,9,14H2,1H3. The normalized spacial score (nSPS) is 10.6. The summed E-state index contributed by atoms with van der Waals surface area (Å²) in [5, 5.41) is 4.03. The summed E-state index contributed by atoms with van der Waals surface area (Å²) in [6.07, 6.45) is 3.16. The van der Waals surface area contributed by atoms with E-state index in [9.17, 15) is 0 Å². The van der Waals surface area contributed by atoms with Crippen LogP contribution in [0.15, 0.2) is 34.9 Å². The van der Waals surface area contributed by atoms with E-state index in [0.29, 0.717) is 5.88 Å². The van der Waals surface area contributed by atoms with Crippen LogP contribution in [0.3, 0.4) is 0 Å². The Kier molecular flexibility index (Phi) is 3.25. The van der Waals surface area contributed by atoms with E-state index in [1.165, 1.54) is 0 Å². The number of aryl methyl sites for hydroxylation is 1. The van der Waals surface area contributed by atoms with Crippen molar-refractivity contribution in [2.75, 3.05) is 5.73 Å². The van der Waals surface area contributed by atoms with Crippen LogP contribution < -0.4 is 5.73 Å². The Balaban J connectivity index is 2.35. The highest BCUT2D eigenvalue weighted by molar-refractivity contribution is 5.74. The fraction of sp³-hybridized carbons (Fsp3) is 0.308. The van der Waals surface area contributed by atoms with Crippen molar-refractivity contribution in [3.63, 3.8) is 0 Å². The van der Waals surface area contributed by atoms with E-state index in [1.54, 1.807) is 0 Å². The number of rotatable bonds is 4. The molecule has 84 valence electrons. The summed E-state index contributed by atoms with van der Waals surface area (Å²) in [5.41, 5.74) is 8.81. The molecule has 2 rings (SSSR count). The van der Waals surface area contributed by atoms with E-state index in [4.69, 9.17) is 10.3 Å². The molecule has 0 aliphatic carbocycles. The van der Waals surface area contributed by atoms with Crippen LogP contribution in [0.1, 0.15) is 25.5 Å². The maximum absolute atomic E-state index is 5.82. The second kappa shape index (κ2) is 4.84. The Morgan fingerprint density at radius 3 is 2.69 bits per heavy atom. The number of hydrogen-bond acceptors (Lipinski definition) is 3. The lowest BCUT2D eigenvalue weighted by Gasteiger charge is -2.01. The first-order valence-corrected chi connectivity index (χ1v) is 5.62. The van der Waals surface area contributed by atoms with Crippen LogP contribution in [0.2, 0.25) is 0 Å². The predicted molar refractivity (Wildman–Crippen MR) is 65.0 cm³/mol. The lowest BCUT2D eigenvalue weighted by atomic mass is 10.0. The zero-order valence-corrected chi connectivity index (χ0v) is 9.44. The highest BCUT2D eigenvalue weighted by atomic mass is 16.5. The van der Waals surface area contributed by atoms with Gasteiger partial charge in [0.1, 0.15) is 0 Å². The zero-order valence-electron chi connectivity index (χ0n) is 9.44. The van der Waals surface area contributed by atoms with Gasteiger partial charge < -0.3 is 10.3 Å². The summed E-state index contributed by atoms with van der Waals surface area (Å²) < 4.78 is 5.07. The third kappa shape index (κ3) is 2.08. The maximum atomic E-state index is 5.82. The second-order valence-electron chi connectivity index (χ2n) is 3.84. The molecule has 1 aromatic heterocycles. The van der Waals surface area contributed by atoms with Crippen molar-refractivity contribution in [1.29, 1.82) is 0 Å². The quantitative estimate of drug-likeness (QED) is 0.853. The number of unbranched alkanes of at least 4 members (excludes halogenated alkanes) is 1. The summed E-state index contributed by atoms with van der Waals surface area (Å²) in [6.45, 7) is 2.16. The first-order chi connectivity index (χ1) is 7.83. The van der Waals surface area contributed by atoms with Gasteiger partial charge in [-0.1, -0.05) is 48.8 Å². The Hall–Kier alpha value is -1.77. The second-order valence-corrected chi connectivity index (χ2v) is 3.84. The number of nitrogen functional groups attached to an aromatic ring is 1. The Bertz CT molecular complexity index is 448. The summed E-state index contributed by atoms with van der Waals surface area (Å²) in [5.74, 6) is 0.414. The van der Waals surface area contributed by atoms with E-state index in [2.05, 4.69) is 12.1 Å². The SMILES string of the molecule is CCCCc1noc(N)c1-c1ccccc1. The Morgan fingerprint density at radius 1 is 1.25 bits per heavy atom. The zero-order chi connectivity index (χ0) is 11.4. The number of benzene rings is 1. The largest absolute Gasteiger partial charge is 0.367 e. The molecule has 2 aromatic rings. The summed E-state index contributed by atoms with van der Waals surface area (Å²) >= 11 is 0. The molecule has 1 heterocycles.